The van der Waals surface area contributed by atoms with Gasteiger partial charge in [0.05, 0.1) is 29.2 Å². The van der Waals surface area contributed by atoms with Gasteiger partial charge < -0.3 is 4.74 Å². The van der Waals surface area contributed by atoms with Crippen molar-refractivity contribution in [3.63, 3.8) is 0 Å². The minimum absolute atomic E-state index is 0.102. The number of nitrogens with one attached hydrogen (secondary N) is 1. The van der Waals surface area contributed by atoms with Gasteiger partial charge in [0.15, 0.2) is 0 Å². The molecule has 0 atom stereocenters. The second-order valence-electron chi connectivity index (χ2n) is 6.62. The van der Waals surface area contributed by atoms with Gasteiger partial charge in [0, 0.05) is 19.2 Å². The highest BCUT2D eigenvalue weighted by atomic mass is 32.2. The summed E-state index contributed by atoms with van der Waals surface area (Å²) in [5, 5.41) is 15.5. The van der Waals surface area contributed by atoms with E-state index in [0.717, 1.165) is 17.2 Å². The van der Waals surface area contributed by atoms with E-state index in [2.05, 4.69) is 10.5 Å². The highest BCUT2D eigenvalue weighted by Gasteiger charge is 2.28. The van der Waals surface area contributed by atoms with Crippen molar-refractivity contribution >= 4 is 33.7 Å². The van der Waals surface area contributed by atoms with E-state index in [1.807, 2.05) is 43.3 Å². The van der Waals surface area contributed by atoms with E-state index in [1.165, 1.54) is 22.7 Å². The summed E-state index contributed by atoms with van der Waals surface area (Å²) in [6.45, 7) is 2.88. The topological polar surface area (TPSA) is 114 Å². The van der Waals surface area contributed by atoms with Crippen LogP contribution >= 0.6 is 0 Å². The van der Waals surface area contributed by atoms with Crippen LogP contribution < -0.4 is 5.43 Å². The van der Waals surface area contributed by atoms with Gasteiger partial charge in [0.1, 0.15) is 5.69 Å². The summed E-state index contributed by atoms with van der Waals surface area (Å²) in [4.78, 5) is 10.7. The van der Waals surface area contributed by atoms with Crippen molar-refractivity contribution in [1.82, 2.24) is 4.31 Å². The number of morpholine rings is 1. The largest absolute Gasteiger partial charge is 0.379 e. The van der Waals surface area contributed by atoms with Crippen LogP contribution in [0.4, 0.5) is 11.4 Å². The van der Waals surface area contributed by atoms with Gasteiger partial charge in [0.2, 0.25) is 10.0 Å². The maximum Gasteiger partial charge on any atom is 0.295 e. The minimum atomic E-state index is -3.83. The molecule has 1 N–H and O–H groups in total. The third-order valence-corrected chi connectivity index (χ3v) is 6.32. The summed E-state index contributed by atoms with van der Waals surface area (Å²) >= 11 is 0. The second kappa shape index (κ2) is 9.61. The Labute approximate surface area is 174 Å². The molecule has 3 rings (SSSR count). The first-order valence-corrected chi connectivity index (χ1v) is 10.7. The molecule has 0 unspecified atom stereocenters. The first-order valence-electron chi connectivity index (χ1n) is 9.27. The van der Waals surface area contributed by atoms with Gasteiger partial charge in [-0.15, -0.1) is 0 Å². The summed E-state index contributed by atoms with van der Waals surface area (Å²) in [6, 6.07) is 13.4. The lowest BCUT2D eigenvalue weighted by Gasteiger charge is -2.26. The minimum Gasteiger partial charge on any atom is -0.379 e. The lowest BCUT2D eigenvalue weighted by atomic mass is 10.1. The molecular weight excluding hydrogens is 408 g/mol. The van der Waals surface area contributed by atoms with Crippen molar-refractivity contribution in [3.05, 3.63) is 69.8 Å². The SMILES string of the molecule is CC(/C=N/Nc1ccc(S(=O)(=O)N2CCOCC2)cc1[N+](=O)[O-])=C\c1ccccc1. The molecule has 10 heteroatoms. The van der Waals surface area contributed by atoms with Crippen molar-refractivity contribution in [2.45, 2.75) is 11.8 Å². The zero-order valence-electron chi connectivity index (χ0n) is 16.4. The van der Waals surface area contributed by atoms with Crippen molar-refractivity contribution in [2.75, 3.05) is 31.7 Å². The van der Waals surface area contributed by atoms with Crippen LogP contribution in [0.3, 0.4) is 0 Å². The lowest BCUT2D eigenvalue weighted by Crippen LogP contribution is -2.40. The second-order valence-corrected chi connectivity index (χ2v) is 8.56. The summed E-state index contributed by atoms with van der Waals surface area (Å²) in [5.41, 5.74) is 4.20. The number of ether oxygens (including phenoxy) is 1. The molecule has 2 aromatic carbocycles. The molecule has 9 nitrogen and oxygen atoms in total. The molecule has 0 aromatic heterocycles. The maximum absolute atomic E-state index is 12.7. The van der Waals surface area contributed by atoms with Crippen LogP contribution in [0.1, 0.15) is 12.5 Å². The molecule has 2 aromatic rings. The highest BCUT2D eigenvalue weighted by Crippen LogP contribution is 2.29. The number of nitro benzene ring substituents is 1. The van der Waals surface area contributed by atoms with E-state index in [0.29, 0.717) is 13.2 Å². The number of nitrogens with zero attached hydrogens (tertiary/aromatic N) is 3. The molecule has 1 aliphatic heterocycles. The molecule has 30 heavy (non-hydrogen) atoms. The summed E-state index contributed by atoms with van der Waals surface area (Å²) in [7, 11) is -3.83. The Hall–Kier alpha value is -3.08. The average Bonchev–Trinajstić information content (AvgIpc) is 2.75. The Morgan fingerprint density at radius 3 is 2.57 bits per heavy atom. The van der Waals surface area contributed by atoms with Crippen LogP contribution in [-0.2, 0) is 14.8 Å². The number of hydrogen-bond acceptors (Lipinski definition) is 7. The molecule has 1 aliphatic rings. The number of rotatable bonds is 7. The third kappa shape index (κ3) is 5.29. The number of nitro groups is 1. The molecule has 1 saturated heterocycles. The van der Waals surface area contributed by atoms with Gasteiger partial charge in [-0.2, -0.15) is 9.41 Å². The fourth-order valence-corrected chi connectivity index (χ4v) is 4.34. The van der Waals surface area contributed by atoms with Crippen LogP contribution in [0.2, 0.25) is 0 Å². The Balaban J connectivity index is 1.79. The quantitative estimate of drug-likeness (QED) is 0.410. The molecule has 0 aliphatic carbocycles. The van der Waals surface area contributed by atoms with E-state index >= 15 is 0 Å². The summed E-state index contributed by atoms with van der Waals surface area (Å²) in [6.07, 6.45) is 3.45. The first kappa shape index (κ1) is 21.6. The van der Waals surface area contributed by atoms with Crippen LogP contribution in [0.15, 0.2) is 64.1 Å². The predicted molar refractivity (Wildman–Crippen MR) is 115 cm³/mol. The predicted octanol–water partition coefficient (Wildman–Crippen LogP) is 3.12. The molecule has 1 fully saturated rings. The fraction of sp³-hybridized carbons (Fsp3) is 0.250. The van der Waals surface area contributed by atoms with Crippen LogP contribution in [0, 0.1) is 10.1 Å². The fourth-order valence-electron chi connectivity index (χ4n) is 2.91. The van der Waals surface area contributed by atoms with Crippen LogP contribution in [0.5, 0.6) is 0 Å². The molecule has 1 heterocycles. The Kier molecular flexibility index (Phi) is 6.93. The summed E-state index contributed by atoms with van der Waals surface area (Å²) < 4.78 is 31.9. The molecule has 0 amide bonds. The van der Waals surface area contributed by atoms with E-state index in [-0.39, 0.29) is 29.4 Å². The maximum atomic E-state index is 12.7. The lowest BCUT2D eigenvalue weighted by molar-refractivity contribution is -0.384. The van der Waals surface area contributed by atoms with Gasteiger partial charge >= 0.3 is 0 Å². The number of sulfonamides is 1. The first-order chi connectivity index (χ1) is 14.4. The molecule has 0 bridgehead atoms. The van der Waals surface area contributed by atoms with Gasteiger partial charge in [0.25, 0.3) is 5.69 Å². The smallest absolute Gasteiger partial charge is 0.295 e. The van der Waals surface area contributed by atoms with Crippen molar-refractivity contribution < 1.29 is 18.1 Å². The molecule has 0 radical (unpaired) electrons. The standard InChI is InChI=1S/C20H22N4O5S/c1-16(13-17-5-3-2-4-6-17)15-21-22-19-8-7-18(14-20(19)24(25)26)30(27,28)23-9-11-29-12-10-23/h2-8,13-15,22H,9-12H2,1H3/b16-13+,21-15+. The number of benzene rings is 2. The highest BCUT2D eigenvalue weighted by molar-refractivity contribution is 7.89. The summed E-state index contributed by atoms with van der Waals surface area (Å²) in [5.74, 6) is 0. The normalized spacial score (nSPS) is 16.0. The average molecular weight is 430 g/mol. The number of allylic oxidation sites excluding steroid dienone is 1. The Morgan fingerprint density at radius 2 is 1.90 bits per heavy atom. The van der Waals surface area contributed by atoms with Gasteiger partial charge in [-0.05, 0) is 30.2 Å². The van der Waals surface area contributed by atoms with E-state index in [4.69, 9.17) is 4.74 Å². The molecular formula is C20H22N4O5S. The van der Waals surface area contributed by atoms with Gasteiger partial charge in [-0.1, -0.05) is 36.4 Å². The van der Waals surface area contributed by atoms with Crippen molar-refractivity contribution in [2.24, 2.45) is 5.10 Å². The van der Waals surface area contributed by atoms with E-state index in [9.17, 15) is 18.5 Å². The number of hydrogen-bond donors (Lipinski definition) is 1. The van der Waals surface area contributed by atoms with E-state index in [1.54, 1.807) is 0 Å². The van der Waals surface area contributed by atoms with Crippen LogP contribution in [-0.4, -0.2) is 50.2 Å². The zero-order chi connectivity index (χ0) is 21.6. The van der Waals surface area contributed by atoms with Crippen molar-refractivity contribution in [3.8, 4) is 0 Å². The van der Waals surface area contributed by atoms with Gasteiger partial charge in [-0.25, -0.2) is 8.42 Å². The third-order valence-electron chi connectivity index (χ3n) is 4.42. The molecule has 0 spiro atoms. The van der Waals surface area contributed by atoms with Gasteiger partial charge in [-0.3, -0.25) is 15.5 Å². The number of anilines is 1. The van der Waals surface area contributed by atoms with E-state index < -0.39 is 14.9 Å². The molecule has 0 saturated carbocycles. The molecule has 158 valence electrons. The monoisotopic (exact) mass is 430 g/mol. The zero-order valence-corrected chi connectivity index (χ0v) is 17.2. The Morgan fingerprint density at radius 1 is 1.20 bits per heavy atom. The number of hydrazone groups is 1. The van der Waals surface area contributed by atoms with Crippen LogP contribution in [0.25, 0.3) is 6.08 Å². The Bertz CT molecular complexity index is 1060. The van der Waals surface area contributed by atoms with Crippen molar-refractivity contribution in [1.29, 1.82) is 0 Å².